The largest absolute Gasteiger partial charge is 0.454 e. The molecule has 3 heterocycles. The average Bonchev–Trinajstić information content (AvgIpc) is 3.45. The molecule has 0 N–H and O–H groups in total. The fourth-order valence-electron chi connectivity index (χ4n) is 2.77. The van der Waals surface area contributed by atoms with Crippen LogP contribution in [0.5, 0.6) is 0 Å². The van der Waals surface area contributed by atoms with Crippen LogP contribution in [0.1, 0.15) is 9.75 Å². The number of nitrogens with zero attached hydrogens (tertiary/aromatic N) is 1. The van der Waals surface area contributed by atoms with Crippen molar-refractivity contribution in [2.45, 2.75) is 0 Å². The molecule has 1 aliphatic carbocycles. The van der Waals surface area contributed by atoms with Crippen LogP contribution in [0, 0.1) is 10.2 Å². The van der Waals surface area contributed by atoms with Gasteiger partial charge in [-0.25, -0.2) is 23.2 Å². The smallest absolute Gasteiger partial charge is 0.199 e. The second-order valence-electron chi connectivity index (χ2n) is 6.77. The summed E-state index contributed by atoms with van der Waals surface area (Å²) in [4.78, 5) is 2.27. The van der Waals surface area contributed by atoms with E-state index in [-0.39, 0.29) is 0 Å². The summed E-state index contributed by atoms with van der Waals surface area (Å²) in [6, 6.07) is 8.29. The van der Waals surface area contributed by atoms with Gasteiger partial charge in [0.05, 0.1) is 9.75 Å². The molecule has 0 amide bonds. The van der Waals surface area contributed by atoms with Crippen LogP contribution in [0.3, 0.4) is 0 Å². The van der Waals surface area contributed by atoms with Crippen molar-refractivity contribution in [3.63, 3.8) is 0 Å². The molecule has 2 aromatic rings. The molecule has 0 atom stereocenters. The number of ether oxygens (including phenoxy) is 1. The molecule has 2 aromatic heterocycles. The lowest BCUT2D eigenvalue weighted by molar-refractivity contribution is -2.00. The maximum atomic E-state index is 8.49. The van der Waals surface area contributed by atoms with Gasteiger partial charge in [-0.1, -0.05) is 24.3 Å². The second kappa shape index (κ2) is 10.8. The first-order valence-electron chi connectivity index (χ1n) is 9.32. The third-order valence-electron chi connectivity index (χ3n) is 4.22. The highest BCUT2D eigenvalue weighted by Gasteiger charge is 2.16. The van der Waals surface area contributed by atoms with Crippen LogP contribution < -0.4 is 18.6 Å². The Hall–Kier alpha value is -2.56. The third kappa shape index (κ3) is 7.54. The Kier molecular flexibility index (Phi) is 8.16. The number of hydrogen-bond donors (Lipinski definition) is 0. The van der Waals surface area contributed by atoms with Gasteiger partial charge in [-0.2, -0.15) is 0 Å². The second-order valence-corrected chi connectivity index (χ2v) is 9.42. The fraction of sp³-hybridized carbons (Fsp3) is 0.0870. The number of hydrogen-bond acceptors (Lipinski definition) is 7. The molecule has 0 aromatic carbocycles. The maximum Gasteiger partial charge on any atom is 0.199 e. The van der Waals surface area contributed by atoms with Gasteiger partial charge in [-0.15, -0.1) is 32.9 Å². The van der Waals surface area contributed by atoms with Crippen LogP contribution in [-0.4, -0.2) is 24.4 Å². The van der Waals surface area contributed by atoms with Crippen molar-refractivity contribution >= 4 is 39.9 Å². The van der Waals surface area contributed by atoms with Crippen molar-refractivity contribution in [3.05, 3.63) is 105 Å². The molecular formula is C23H20ClNO5S2. The van der Waals surface area contributed by atoms with E-state index in [9.17, 15) is 0 Å². The van der Waals surface area contributed by atoms with Gasteiger partial charge >= 0.3 is 0 Å². The van der Waals surface area contributed by atoms with Crippen molar-refractivity contribution in [3.8, 4) is 0 Å². The van der Waals surface area contributed by atoms with Gasteiger partial charge in [-0.05, 0) is 58.3 Å². The summed E-state index contributed by atoms with van der Waals surface area (Å²) < 4.78 is 42.3. The van der Waals surface area contributed by atoms with E-state index in [2.05, 4.69) is 102 Å². The molecule has 1 aliphatic heterocycles. The minimum Gasteiger partial charge on any atom is -0.454 e. The Labute approximate surface area is 196 Å². The molecule has 0 saturated carbocycles. The van der Waals surface area contributed by atoms with Crippen LogP contribution in [0.2, 0.25) is 0 Å². The van der Waals surface area contributed by atoms with Crippen molar-refractivity contribution in [1.82, 2.24) is 0 Å². The molecule has 4 rings (SSSR count). The van der Waals surface area contributed by atoms with Crippen LogP contribution in [0.4, 0.5) is 0 Å². The molecule has 166 valence electrons. The van der Waals surface area contributed by atoms with E-state index in [4.69, 9.17) is 23.4 Å². The van der Waals surface area contributed by atoms with Crippen molar-refractivity contribution in [2.75, 3.05) is 14.1 Å². The third-order valence-corrected chi connectivity index (χ3v) is 5.99. The van der Waals surface area contributed by atoms with Crippen LogP contribution in [0.15, 0.2) is 94.8 Å². The van der Waals surface area contributed by atoms with Gasteiger partial charge < -0.3 is 4.74 Å². The van der Waals surface area contributed by atoms with E-state index >= 15 is 0 Å². The van der Waals surface area contributed by atoms with E-state index < -0.39 is 10.2 Å². The molecular weight excluding hydrogens is 470 g/mol. The van der Waals surface area contributed by atoms with Gasteiger partial charge in [0.25, 0.3) is 0 Å². The minimum absolute atomic E-state index is 0.901. The van der Waals surface area contributed by atoms with Gasteiger partial charge in [-0.3, -0.25) is 0 Å². The molecule has 2 aliphatic rings. The molecule has 9 heteroatoms. The minimum atomic E-state index is -4.94. The lowest BCUT2D eigenvalue weighted by Crippen LogP contribution is -2.68. The molecule has 0 spiro atoms. The van der Waals surface area contributed by atoms with Crippen molar-refractivity contribution in [1.29, 1.82) is 0 Å². The molecule has 0 unspecified atom stereocenters. The van der Waals surface area contributed by atoms with Gasteiger partial charge in [0.1, 0.15) is 25.6 Å². The molecule has 0 bridgehead atoms. The lowest BCUT2D eigenvalue weighted by Gasteiger charge is -2.17. The highest BCUT2D eigenvalue weighted by molar-refractivity contribution is 7.11. The quantitative estimate of drug-likeness (QED) is 0.602. The molecule has 0 fully saturated rings. The van der Waals surface area contributed by atoms with Crippen LogP contribution in [0.25, 0.3) is 11.5 Å². The van der Waals surface area contributed by atoms with Crippen LogP contribution in [-0.2, 0) is 4.74 Å². The molecule has 32 heavy (non-hydrogen) atoms. The van der Waals surface area contributed by atoms with Crippen molar-refractivity contribution < 1.29 is 38.2 Å². The first kappa shape index (κ1) is 24.1. The molecule has 0 radical (unpaired) electrons. The highest BCUT2D eigenvalue weighted by atomic mass is 35.7. The molecule has 6 nitrogen and oxygen atoms in total. The van der Waals surface area contributed by atoms with E-state index in [1.165, 1.54) is 11.3 Å². The first-order chi connectivity index (χ1) is 15.2. The summed E-state index contributed by atoms with van der Waals surface area (Å²) in [7, 11) is -0.840. The zero-order valence-corrected chi connectivity index (χ0v) is 19.7. The Morgan fingerprint density at radius 3 is 1.66 bits per heavy atom. The zero-order valence-electron chi connectivity index (χ0n) is 17.3. The summed E-state index contributed by atoms with van der Waals surface area (Å²) in [6.07, 6.45) is 17.0. The predicted molar refractivity (Wildman–Crippen MR) is 117 cm³/mol. The predicted octanol–water partition coefficient (Wildman–Crippen LogP) is 1.16. The van der Waals surface area contributed by atoms with E-state index in [0.717, 1.165) is 26.8 Å². The zero-order chi connectivity index (χ0) is 23.1. The standard InChI is InChI=1S/C23H20NOS2.ClHO4/c1-24(2)19-11-9-17(10-12-19)7-8-18-15-20(22-5-3-13-26-22)25-21(16-18)23-6-4-14-27-23;2-1(3,4)5/h3-16H,1-2H3;(H,2,3,4,5)/q+1;/p-1. The Morgan fingerprint density at radius 2 is 1.25 bits per heavy atom. The number of allylic oxidation sites excluding steroid dienone is 10. The summed E-state index contributed by atoms with van der Waals surface area (Å²) in [5.41, 5.74) is 3.51. The van der Waals surface area contributed by atoms with Gasteiger partial charge in [0.2, 0.25) is 0 Å². The van der Waals surface area contributed by atoms with E-state index in [1.807, 2.05) is 0 Å². The molecule has 0 saturated heterocycles. The Bertz CT molecular complexity index is 1070. The SMILES string of the molecule is C[N+](C)=C1C=CC(=CC=C2C=C(c3cccs3)OC(c3cccs3)=C2)C=C1.[O-][Cl+3]([O-])([O-])[O-]. The Balaban J connectivity index is 0.000000523. The van der Waals surface area contributed by atoms with E-state index in [1.54, 1.807) is 22.7 Å². The van der Waals surface area contributed by atoms with Gasteiger partial charge in [0.15, 0.2) is 5.71 Å². The van der Waals surface area contributed by atoms with Crippen molar-refractivity contribution in [2.24, 2.45) is 0 Å². The monoisotopic (exact) mass is 489 g/mol. The Morgan fingerprint density at radius 1 is 0.781 bits per heavy atom. The topological polar surface area (TPSA) is 104 Å². The summed E-state index contributed by atoms with van der Waals surface area (Å²) in [5.74, 6) is 1.80. The number of halogens is 1. The van der Waals surface area contributed by atoms with Gasteiger partial charge in [0, 0.05) is 12.2 Å². The number of rotatable bonds is 3. The highest BCUT2D eigenvalue weighted by Crippen LogP contribution is 2.35. The average molecular weight is 490 g/mol. The van der Waals surface area contributed by atoms with E-state index in [0.29, 0.717) is 0 Å². The first-order valence-corrected chi connectivity index (χ1v) is 12.3. The maximum absolute atomic E-state index is 8.49. The lowest BCUT2D eigenvalue weighted by atomic mass is 10.1. The summed E-state index contributed by atoms with van der Waals surface area (Å²) in [5, 5.41) is 4.15. The fourth-order valence-corrected chi connectivity index (χ4v) is 4.13. The summed E-state index contributed by atoms with van der Waals surface area (Å²) >= 11 is 3.38. The number of thiophene rings is 2. The summed E-state index contributed by atoms with van der Waals surface area (Å²) in [6.45, 7) is 0. The van der Waals surface area contributed by atoms with Crippen LogP contribution >= 0.6 is 22.7 Å². The normalized spacial score (nSPS) is 15.4.